The minimum absolute atomic E-state index is 0.407. The van der Waals surface area contributed by atoms with Crippen LogP contribution in [0.15, 0.2) is 24.7 Å². The number of rotatable bonds is 3. The SMILES string of the molecule is CCc1nccn1-c1nccc(CN)c1Cl. The second kappa shape index (κ2) is 4.63. The number of pyridine rings is 1. The highest BCUT2D eigenvalue weighted by Gasteiger charge is 2.10. The molecule has 0 aliphatic carbocycles. The number of hydrogen-bond donors (Lipinski definition) is 1. The summed E-state index contributed by atoms with van der Waals surface area (Å²) in [6.07, 6.45) is 6.14. The van der Waals surface area contributed by atoms with Gasteiger partial charge in [-0.3, -0.25) is 4.57 Å². The van der Waals surface area contributed by atoms with Gasteiger partial charge in [-0.2, -0.15) is 0 Å². The summed E-state index contributed by atoms with van der Waals surface area (Å²) >= 11 is 6.24. The molecule has 0 saturated carbocycles. The molecule has 0 saturated heterocycles. The Balaban J connectivity index is 2.56. The van der Waals surface area contributed by atoms with Crippen LogP contribution in [0.4, 0.5) is 0 Å². The molecular weight excluding hydrogens is 224 g/mol. The van der Waals surface area contributed by atoms with Gasteiger partial charge in [0.25, 0.3) is 0 Å². The van der Waals surface area contributed by atoms with Crippen LogP contribution in [0.1, 0.15) is 18.3 Å². The highest BCUT2D eigenvalue weighted by Crippen LogP contribution is 2.23. The Labute approximate surface area is 99.1 Å². The average Bonchev–Trinajstić information content (AvgIpc) is 2.77. The normalized spacial score (nSPS) is 10.7. The molecule has 0 fully saturated rings. The Hall–Kier alpha value is -1.39. The van der Waals surface area contributed by atoms with E-state index in [1.807, 2.05) is 23.8 Å². The molecule has 0 aliphatic rings. The lowest BCUT2D eigenvalue weighted by Gasteiger charge is -2.09. The van der Waals surface area contributed by atoms with Crippen LogP contribution in [0.5, 0.6) is 0 Å². The maximum absolute atomic E-state index is 6.24. The Morgan fingerprint density at radius 1 is 1.38 bits per heavy atom. The van der Waals surface area contributed by atoms with E-state index in [4.69, 9.17) is 17.3 Å². The fraction of sp³-hybridized carbons (Fsp3) is 0.273. The summed E-state index contributed by atoms with van der Waals surface area (Å²) in [6.45, 7) is 2.45. The summed E-state index contributed by atoms with van der Waals surface area (Å²) in [5.74, 6) is 1.63. The minimum atomic E-state index is 0.407. The van der Waals surface area contributed by atoms with Crippen molar-refractivity contribution in [2.24, 2.45) is 5.73 Å². The predicted octanol–water partition coefficient (Wildman–Crippen LogP) is 1.94. The first-order chi connectivity index (χ1) is 7.77. The molecule has 16 heavy (non-hydrogen) atoms. The Bertz CT molecular complexity index is 492. The molecule has 0 amide bonds. The zero-order valence-corrected chi connectivity index (χ0v) is 9.78. The van der Waals surface area contributed by atoms with Gasteiger partial charge in [-0.05, 0) is 11.6 Å². The largest absolute Gasteiger partial charge is 0.326 e. The molecule has 0 atom stereocenters. The Morgan fingerprint density at radius 2 is 2.19 bits per heavy atom. The molecule has 0 bridgehead atoms. The van der Waals surface area contributed by atoms with Gasteiger partial charge in [-0.15, -0.1) is 0 Å². The van der Waals surface area contributed by atoms with Crippen molar-refractivity contribution in [3.8, 4) is 5.82 Å². The molecule has 2 N–H and O–H groups in total. The van der Waals surface area contributed by atoms with Crippen LogP contribution in [0.3, 0.4) is 0 Å². The number of imidazole rings is 1. The maximum Gasteiger partial charge on any atom is 0.157 e. The highest BCUT2D eigenvalue weighted by atomic mass is 35.5. The first-order valence-electron chi connectivity index (χ1n) is 5.14. The number of aromatic nitrogens is 3. The lowest BCUT2D eigenvalue weighted by Crippen LogP contribution is -2.06. The van der Waals surface area contributed by atoms with Crippen LogP contribution in [-0.2, 0) is 13.0 Å². The third kappa shape index (κ3) is 1.81. The van der Waals surface area contributed by atoms with Crippen molar-refractivity contribution in [2.45, 2.75) is 19.9 Å². The fourth-order valence-electron chi connectivity index (χ4n) is 1.59. The van der Waals surface area contributed by atoms with Crippen LogP contribution in [0, 0.1) is 0 Å². The van der Waals surface area contributed by atoms with Crippen LogP contribution in [0.25, 0.3) is 5.82 Å². The summed E-state index contributed by atoms with van der Waals surface area (Å²) in [5.41, 5.74) is 6.50. The summed E-state index contributed by atoms with van der Waals surface area (Å²) in [5, 5.41) is 0.595. The van der Waals surface area contributed by atoms with Gasteiger partial charge >= 0.3 is 0 Å². The standard InChI is InChI=1S/C11H13ClN4/c1-2-9-14-5-6-16(9)11-10(12)8(7-13)3-4-15-11/h3-6H,2,7,13H2,1H3. The van der Waals surface area contributed by atoms with Crippen LogP contribution >= 0.6 is 11.6 Å². The smallest absolute Gasteiger partial charge is 0.157 e. The molecule has 2 rings (SSSR count). The number of aryl methyl sites for hydroxylation is 1. The summed E-state index contributed by atoms with van der Waals surface area (Å²) < 4.78 is 1.89. The topological polar surface area (TPSA) is 56.7 Å². The van der Waals surface area contributed by atoms with Crippen molar-refractivity contribution in [2.75, 3.05) is 0 Å². The van der Waals surface area contributed by atoms with Gasteiger partial charge in [0.2, 0.25) is 0 Å². The zero-order valence-electron chi connectivity index (χ0n) is 9.02. The van der Waals surface area contributed by atoms with E-state index < -0.39 is 0 Å². The van der Waals surface area contributed by atoms with E-state index in [1.54, 1.807) is 12.4 Å². The summed E-state index contributed by atoms with van der Waals surface area (Å²) in [6, 6.07) is 1.83. The monoisotopic (exact) mass is 236 g/mol. The maximum atomic E-state index is 6.24. The van der Waals surface area contributed by atoms with Crippen molar-refractivity contribution in [1.29, 1.82) is 0 Å². The number of halogens is 1. The minimum Gasteiger partial charge on any atom is -0.326 e. The molecular formula is C11H13ClN4. The number of nitrogens with two attached hydrogens (primary N) is 1. The predicted molar refractivity (Wildman–Crippen MR) is 63.6 cm³/mol. The van der Waals surface area contributed by atoms with Crippen molar-refractivity contribution < 1.29 is 0 Å². The van der Waals surface area contributed by atoms with Gasteiger partial charge in [0.1, 0.15) is 5.82 Å². The first kappa shape index (κ1) is 11.1. The summed E-state index contributed by atoms with van der Waals surface area (Å²) in [4.78, 5) is 8.51. The molecule has 2 aromatic heterocycles. The third-order valence-corrected chi connectivity index (χ3v) is 2.84. The van der Waals surface area contributed by atoms with Crippen molar-refractivity contribution >= 4 is 11.6 Å². The highest BCUT2D eigenvalue weighted by molar-refractivity contribution is 6.32. The van der Waals surface area contributed by atoms with Gasteiger partial charge in [0.15, 0.2) is 5.82 Å². The molecule has 4 nitrogen and oxygen atoms in total. The van der Waals surface area contributed by atoms with E-state index in [0.29, 0.717) is 17.4 Å². The molecule has 0 radical (unpaired) electrons. The van der Waals surface area contributed by atoms with E-state index >= 15 is 0 Å². The second-order valence-corrected chi connectivity index (χ2v) is 3.76. The molecule has 0 spiro atoms. The van der Waals surface area contributed by atoms with E-state index in [1.165, 1.54) is 0 Å². The van der Waals surface area contributed by atoms with E-state index in [0.717, 1.165) is 17.8 Å². The Kier molecular flexibility index (Phi) is 3.22. The average molecular weight is 237 g/mol. The van der Waals surface area contributed by atoms with E-state index in [2.05, 4.69) is 9.97 Å². The van der Waals surface area contributed by atoms with Crippen molar-refractivity contribution in [3.63, 3.8) is 0 Å². The first-order valence-corrected chi connectivity index (χ1v) is 5.51. The third-order valence-electron chi connectivity index (χ3n) is 2.43. The molecule has 0 aliphatic heterocycles. The second-order valence-electron chi connectivity index (χ2n) is 3.38. The molecule has 0 aromatic carbocycles. The van der Waals surface area contributed by atoms with Crippen LogP contribution in [-0.4, -0.2) is 14.5 Å². The number of hydrogen-bond acceptors (Lipinski definition) is 3. The van der Waals surface area contributed by atoms with Gasteiger partial charge < -0.3 is 5.73 Å². The molecule has 2 heterocycles. The van der Waals surface area contributed by atoms with Gasteiger partial charge in [-0.1, -0.05) is 18.5 Å². The molecule has 84 valence electrons. The van der Waals surface area contributed by atoms with Crippen LogP contribution in [0.2, 0.25) is 5.02 Å². The number of nitrogens with zero attached hydrogens (tertiary/aromatic N) is 3. The van der Waals surface area contributed by atoms with Crippen molar-refractivity contribution in [1.82, 2.24) is 14.5 Å². The quantitative estimate of drug-likeness (QED) is 0.886. The summed E-state index contributed by atoms with van der Waals surface area (Å²) in [7, 11) is 0. The molecule has 0 unspecified atom stereocenters. The van der Waals surface area contributed by atoms with E-state index in [9.17, 15) is 0 Å². The van der Waals surface area contributed by atoms with Gasteiger partial charge in [-0.25, -0.2) is 9.97 Å². The lowest BCUT2D eigenvalue weighted by atomic mass is 10.2. The fourth-order valence-corrected chi connectivity index (χ4v) is 1.87. The van der Waals surface area contributed by atoms with Crippen LogP contribution < -0.4 is 5.73 Å². The van der Waals surface area contributed by atoms with E-state index in [-0.39, 0.29) is 0 Å². The molecule has 5 heteroatoms. The zero-order chi connectivity index (χ0) is 11.5. The van der Waals surface area contributed by atoms with Gasteiger partial charge in [0.05, 0.1) is 5.02 Å². The van der Waals surface area contributed by atoms with Gasteiger partial charge in [0, 0.05) is 31.6 Å². The lowest BCUT2D eigenvalue weighted by molar-refractivity contribution is 0.863. The molecule has 2 aromatic rings. The Morgan fingerprint density at radius 3 is 2.88 bits per heavy atom. The van der Waals surface area contributed by atoms with Crippen molar-refractivity contribution in [3.05, 3.63) is 41.1 Å².